The van der Waals surface area contributed by atoms with Crippen LogP contribution in [0.4, 0.5) is 0 Å². The first-order valence-corrected chi connectivity index (χ1v) is 5.85. The Labute approximate surface area is 97.5 Å². The number of amides is 2. The lowest BCUT2D eigenvalue weighted by Crippen LogP contribution is -2.30. The largest absolute Gasteiger partial charge is 0.356 e. The van der Waals surface area contributed by atoms with Gasteiger partial charge in [-0.3, -0.25) is 9.59 Å². The van der Waals surface area contributed by atoms with Gasteiger partial charge in [0.05, 0.1) is 0 Å². The highest BCUT2D eigenvalue weighted by Gasteiger charge is 2.02. The van der Waals surface area contributed by atoms with E-state index in [4.69, 9.17) is 0 Å². The normalized spacial score (nSPS) is 10.4. The zero-order chi connectivity index (χ0) is 12.2. The smallest absolute Gasteiger partial charge is 0.221 e. The van der Waals surface area contributed by atoms with Crippen LogP contribution >= 0.6 is 0 Å². The molecule has 0 aliphatic rings. The molecule has 0 heterocycles. The van der Waals surface area contributed by atoms with Gasteiger partial charge in [0.1, 0.15) is 0 Å². The van der Waals surface area contributed by atoms with Crippen molar-refractivity contribution in [2.75, 3.05) is 13.1 Å². The third kappa shape index (κ3) is 9.24. The van der Waals surface area contributed by atoms with E-state index in [9.17, 15) is 9.59 Å². The fourth-order valence-corrected chi connectivity index (χ4v) is 1.24. The molecule has 0 radical (unpaired) electrons. The maximum atomic E-state index is 11.3. The molecule has 0 rings (SSSR count). The van der Waals surface area contributed by atoms with E-state index in [0.717, 1.165) is 12.8 Å². The summed E-state index contributed by atoms with van der Waals surface area (Å²) in [6.45, 7) is 4.90. The monoisotopic (exact) mass is 226 g/mol. The third-order valence-corrected chi connectivity index (χ3v) is 2.06. The van der Waals surface area contributed by atoms with Crippen LogP contribution < -0.4 is 10.6 Å². The Morgan fingerprint density at radius 2 is 1.81 bits per heavy atom. The maximum Gasteiger partial charge on any atom is 0.221 e. The van der Waals surface area contributed by atoms with Crippen molar-refractivity contribution in [1.82, 2.24) is 10.6 Å². The summed E-state index contributed by atoms with van der Waals surface area (Å²) in [5, 5.41) is 5.40. The fraction of sp³-hybridized carbons (Fsp3) is 0.667. The van der Waals surface area contributed by atoms with Crippen molar-refractivity contribution in [2.24, 2.45) is 0 Å². The van der Waals surface area contributed by atoms with Crippen LogP contribution in [-0.4, -0.2) is 24.9 Å². The van der Waals surface area contributed by atoms with Crippen molar-refractivity contribution in [1.29, 1.82) is 0 Å². The second-order valence-corrected chi connectivity index (χ2v) is 3.51. The van der Waals surface area contributed by atoms with Gasteiger partial charge in [-0.1, -0.05) is 12.2 Å². The van der Waals surface area contributed by atoms with Gasteiger partial charge < -0.3 is 10.6 Å². The third-order valence-electron chi connectivity index (χ3n) is 2.06. The first kappa shape index (κ1) is 14.7. The molecule has 2 amide bonds. The molecular formula is C12H22N2O2. The lowest BCUT2D eigenvalue weighted by atomic mass is 10.2. The van der Waals surface area contributed by atoms with Crippen molar-refractivity contribution in [3.8, 4) is 0 Å². The summed E-state index contributed by atoms with van der Waals surface area (Å²) in [7, 11) is 0. The Bertz CT molecular complexity index is 237. The predicted molar refractivity (Wildman–Crippen MR) is 65.0 cm³/mol. The molecule has 0 spiro atoms. The predicted octanol–water partition coefficient (Wildman–Crippen LogP) is 1.38. The van der Waals surface area contributed by atoms with E-state index < -0.39 is 0 Å². The molecule has 0 atom stereocenters. The summed E-state index contributed by atoms with van der Waals surface area (Å²) in [5.41, 5.74) is 0. The average Bonchev–Trinajstić information content (AvgIpc) is 2.25. The Morgan fingerprint density at radius 1 is 1.12 bits per heavy atom. The van der Waals surface area contributed by atoms with Gasteiger partial charge in [0, 0.05) is 25.9 Å². The van der Waals surface area contributed by atoms with Gasteiger partial charge in [-0.15, -0.1) is 0 Å². The van der Waals surface area contributed by atoms with E-state index in [1.165, 1.54) is 0 Å². The molecule has 16 heavy (non-hydrogen) atoms. The topological polar surface area (TPSA) is 58.2 Å². The molecular weight excluding hydrogens is 204 g/mol. The van der Waals surface area contributed by atoms with Crippen LogP contribution in [0.1, 0.15) is 39.5 Å². The summed E-state index contributed by atoms with van der Waals surface area (Å²) in [5.74, 6) is 0.00511. The molecule has 0 fully saturated rings. The zero-order valence-corrected chi connectivity index (χ0v) is 10.2. The van der Waals surface area contributed by atoms with E-state index in [-0.39, 0.29) is 11.8 Å². The van der Waals surface area contributed by atoms with Crippen LogP contribution in [-0.2, 0) is 9.59 Å². The van der Waals surface area contributed by atoms with E-state index in [1.807, 2.05) is 26.0 Å². The lowest BCUT2D eigenvalue weighted by Gasteiger charge is -2.04. The summed E-state index contributed by atoms with van der Waals surface area (Å²) in [6, 6.07) is 0. The van der Waals surface area contributed by atoms with Gasteiger partial charge >= 0.3 is 0 Å². The van der Waals surface area contributed by atoms with Crippen LogP contribution in [0.3, 0.4) is 0 Å². The van der Waals surface area contributed by atoms with Gasteiger partial charge in [-0.05, 0) is 26.7 Å². The Morgan fingerprint density at radius 3 is 2.44 bits per heavy atom. The minimum atomic E-state index is -0.0169. The second-order valence-electron chi connectivity index (χ2n) is 3.51. The number of allylic oxidation sites excluding steroid dienone is 2. The van der Waals surface area contributed by atoms with E-state index in [0.29, 0.717) is 25.9 Å². The SMILES string of the molecule is C/C=C\CCCC(=O)NCCC(=O)NCC. The molecule has 0 saturated carbocycles. The van der Waals surface area contributed by atoms with Crippen LogP contribution in [0.5, 0.6) is 0 Å². The lowest BCUT2D eigenvalue weighted by molar-refractivity contribution is -0.122. The summed E-state index contributed by atoms with van der Waals surface area (Å²) in [6.07, 6.45) is 6.70. The second kappa shape index (κ2) is 10.2. The van der Waals surface area contributed by atoms with Gasteiger partial charge in [-0.2, -0.15) is 0 Å². The Kier molecular flexibility index (Phi) is 9.36. The standard InChI is InChI=1S/C12H22N2O2/c1-3-5-6-7-8-11(15)14-10-9-12(16)13-4-2/h3,5H,4,6-10H2,1-2H3,(H,13,16)(H,14,15)/b5-3-. The number of hydrogen-bond acceptors (Lipinski definition) is 2. The quantitative estimate of drug-likeness (QED) is 0.485. The van der Waals surface area contributed by atoms with Crippen molar-refractivity contribution < 1.29 is 9.59 Å². The van der Waals surface area contributed by atoms with Crippen molar-refractivity contribution in [3.05, 3.63) is 12.2 Å². The molecule has 92 valence electrons. The number of carbonyl (C=O) groups is 2. The molecule has 2 N–H and O–H groups in total. The first-order valence-electron chi connectivity index (χ1n) is 5.85. The Balaban J connectivity index is 3.40. The number of nitrogens with one attached hydrogen (secondary N) is 2. The van der Waals surface area contributed by atoms with Gasteiger partial charge in [0.25, 0.3) is 0 Å². The van der Waals surface area contributed by atoms with E-state index in [1.54, 1.807) is 0 Å². The number of rotatable bonds is 8. The average molecular weight is 226 g/mol. The number of hydrogen-bond donors (Lipinski definition) is 2. The molecule has 0 bridgehead atoms. The zero-order valence-electron chi connectivity index (χ0n) is 10.2. The van der Waals surface area contributed by atoms with Gasteiger partial charge in [0.2, 0.25) is 11.8 Å². The molecule has 0 aliphatic carbocycles. The fourth-order valence-electron chi connectivity index (χ4n) is 1.24. The molecule has 0 aromatic heterocycles. The number of carbonyl (C=O) groups excluding carboxylic acids is 2. The maximum absolute atomic E-state index is 11.3. The molecule has 0 aromatic rings. The minimum Gasteiger partial charge on any atom is -0.356 e. The molecule has 0 aliphatic heterocycles. The molecule has 4 heteroatoms. The first-order chi connectivity index (χ1) is 7.70. The molecule has 0 unspecified atom stereocenters. The van der Waals surface area contributed by atoms with Gasteiger partial charge in [0.15, 0.2) is 0 Å². The van der Waals surface area contributed by atoms with Crippen molar-refractivity contribution in [2.45, 2.75) is 39.5 Å². The van der Waals surface area contributed by atoms with Crippen LogP contribution in [0, 0.1) is 0 Å². The van der Waals surface area contributed by atoms with Crippen LogP contribution in [0.15, 0.2) is 12.2 Å². The highest BCUT2D eigenvalue weighted by molar-refractivity contribution is 5.78. The molecule has 4 nitrogen and oxygen atoms in total. The van der Waals surface area contributed by atoms with Crippen molar-refractivity contribution in [3.63, 3.8) is 0 Å². The van der Waals surface area contributed by atoms with Crippen LogP contribution in [0.25, 0.3) is 0 Å². The highest BCUT2D eigenvalue weighted by atomic mass is 16.2. The summed E-state index contributed by atoms with van der Waals surface area (Å²) in [4.78, 5) is 22.3. The Hall–Kier alpha value is -1.32. The minimum absolute atomic E-state index is 0.0169. The molecule has 0 saturated heterocycles. The summed E-state index contributed by atoms with van der Waals surface area (Å²) < 4.78 is 0. The van der Waals surface area contributed by atoms with E-state index in [2.05, 4.69) is 10.6 Å². The summed E-state index contributed by atoms with van der Waals surface area (Å²) >= 11 is 0. The van der Waals surface area contributed by atoms with Crippen molar-refractivity contribution >= 4 is 11.8 Å². The highest BCUT2D eigenvalue weighted by Crippen LogP contribution is 1.96. The van der Waals surface area contributed by atoms with Crippen LogP contribution in [0.2, 0.25) is 0 Å². The van der Waals surface area contributed by atoms with Gasteiger partial charge in [-0.25, -0.2) is 0 Å². The molecule has 0 aromatic carbocycles. The number of unbranched alkanes of at least 4 members (excludes halogenated alkanes) is 1. The van der Waals surface area contributed by atoms with E-state index >= 15 is 0 Å².